The summed E-state index contributed by atoms with van der Waals surface area (Å²) in [7, 11) is -4.17. The number of hydrogen-bond donors (Lipinski definition) is 1. The molecule has 9 heteroatoms. The highest BCUT2D eigenvalue weighted by atomic mass is 32.2. The maximum Gasteiger partial charge on any atom is 0.264 e. The van der Waals surface area contributed by atoms with Crippen LogP contribution in [-0.2, 0) is 32.6 Å². The number of carbonyl (C=O) groups excluding carboxylic acids is 2. The third kappa shape index (κ3) is 8.80. The molecule has 246 valence electrons. The van der Waals surface area contributed by atoms with Crippen LogP contribution >= 0.6 is 0 Å². The van der Waals surface area contributed by atoms with Crippen LogP contribution in [-0.4, -0.2) is 50.4 Å². The molecule has 8 nitrogen and oxygen atoms in total. The second-order valence-electron chi connectivity index (χ2n) is 12.0. The molecule has 4 aromatic rings. The Bertz CT molecular complexity index is 1720. The second-order valence-corrected chi connectivity index (χ2v) is 13.8. The van der Waals surface area contributed by atoms with Crippen LogP contribution in [0.4, 0.5) is 5.69 Å². The lowest BCUT2D eigenvalue weighted by Crippen LogP contribution is -2.54. The quantitative estimate of drug-likeness (QED) is 0.173. The van der Waals surface area contributed by atoms with Crippen molar-refractivity contribution in [1.82, 2.24) is 10.2 Å². The van der Waals surface area contributed by atoms with Gasteiger partial charge in [-0.15, -0.1) is 0 Å². The van der Waals surface area contributed by atoms with Gasteiger partial charge in [-0.25, -0.2) is 8.42 Å². The van der Waals surface area contributed by atoms with E-state index >= 15 is 0 Å². The first kappa shape index (κ1) is 33.7. The monoisotopic (exact) mass is 653 g/mol. The highest BCUT2D eigenvalue weighted by Crippen LogP contribution is 2.27. The molecule has 1 aliphatic carbocycles. The molecule has 2 amide bonds. The molecule has 0 bridgehead atoms. The number of anilines is 1. The number of sulfonamides is 1. The Balaban J connectivity index is 1.56. The van der Waals surface area contributed by atoms with Gasteiger partial charge in [-0.05, 0) is 74.2 Å². The number of nitrogens with one attached hydrogen (secondary N) is 1. The Morgan fingerprint density at radius 3 is 2.13 bits per heavy atom. The zero-order chi connectivity index (χ0) is 33.2. The molecule has 0 saturated heterocycles. The summed E-state index contributed by atoms with van der Waals surface area (Å²) in [5, 5.41) is 3.21. The van der Waals surface area contributed by atoms with Crippen molar-refractivity contribution in [2.45, 2.75) is 69.5 Å². The Morgan fingerprint density at radius 2 is 1.49 bits per heavy atom. The van der Waals surface area contributed by atoms with E-state index in [4.69, 9.17) is 4.74 Å². The average molecular weight is 654 g/mol. The summed E-state index contributed by atoms with van der Waals surface area (Å²) in [5.74, 6) is -0.130. The van der Waals surface area contributed by atoms with Crippen LogP contribution in [0.1, 0.15) is 49.3 Å². The van der Waals surface area contributed by atoms with Crippen molar-refractivity contribution in [1.29, 1.82) is 0 Å². The van der Waals surface area contributed by atoms with E-state index in [1.807, 2.05) is 68.4 Å². The molecule has 0 heterocycles. The van der Waals surface area contributed by atoms with Gasteiger partial charge >= 0.3 is 0 Å². The molecular formula is C38H43N3O5S. The zero-order valence-electron chi connectivity index (χ0n) is 27.0. The van der Waals surface area contributed by atoms with Crippen LogP contribution in [0.2, 0.25) is 0 Å². The molecule has 47 heavy (non-hydrogen) atoms. The number of hydrogen-bond acceptors (Lipinski definition) is 5. The first-order valence-electron chi connectivity index (χ1n) is 16.2. The molecule has 1 saturated carbocycles. The van der Waals surface area contributed by atoms with Gasteiger partial charge in [-0.1, -0.05) is 91.2 Å². The fourth-order valence-corrected chi connectivity index (χ4v) is 7.49. The molecule has 5 rings (SSSR count). The number of amides is 2. The van der Waals surface area contributed by atoms with Crippen LogP contribution in [0.25, 0.3) is 0 Å². The SMILES string of the molecule is CCOc1ccc(N(CC(=O)N(Cc2cccc(C)c2)[C@@H](Cc2ccccc2)C(=O)NC2CCCC2)S(=O)(=O)c2ccccc2)cc1. The highest BCUT2D eigenvalue weighted by Gasteiger charge is 2.35. The fourth-order valence-electron chi connectivity index (χ4n) is 6.05. The molecule has 1 fully saturated rings. The summed E-state index contributed by atoms with van der Waals surface area (Å²) in [6.45, 7) is 3.95. The number of nitrogens with zero attached hydrogens (tertiary/aromatic N) is 2. The Hall–Kier alpha value is -4.63. The maximum absolute atomic E-state index is 14.7. The summed E-state index contributed by atoms with van der Waals surface area (Å²) in [6, 6.07) is 31.3. The molecule has 1 atom stereocenters. The molecule has 4 aromatic carbocycles. The molecule has 0 unspecified atom stereocenters. The Labute approximate surface area is 278 Å². The third-order valence-electron chi connectivity index (χ3n) is 8.45. The van der Waals surface area contributed by atoms with E-state index in [1.54, 1.807) is 47.4 Å². The normalized spacial score (nSPS) is 13.9. The fraction of sp³-hybridized carbons (Fsp3) is 0.316. The predicted molar refractivity (Wildman–Crippen MR) is 185 cm³/mol. The second kappa shape index (κ2) is 15.8. The van der Waals surface area contributed by atoms with Crippen LogP contribution in [0, 0.1) is 6.92 Å². The highest BCUT2D eigenvalue weighted by molar-refractivity contribution is 7.92. The van der Waals surface area contributed by atoms with E-state index in [9.17, 15) is 18.0 Å². The van der Waals surface area contributed by atoms with Gasteiger partial charge in [0, 0.05) is 19.0 Å². The van der Waals surface area contributed by atoms with E-state index in [0.717, 1.165) is 46.7 Å². The number of aryl methyl sites for hydroxylation is 1. The predicted octanol–water partition coefficient (Wildman–Crippen LogP) is 6.29. The zero-order valence-corrected chi connectivity index (χ0v) is 27.9. The summed E-state index contributed by atoms with van der Waals surface area (Å²) in [5.41, 5.74) is 3.09. The minimum atomic E-state index is -4.17. The van der Waals surface area contributed by atoms with Crippen molar-refractivity contribution < 1.29 is 22.7 Å². The minimum Gasteiger partial charge on any atom is -0.494 e. The molecule has 0 aromatic heterocycles. The molecule has 1 N–H and O–H groups in total. The lowest BCUT2D eigenvalue weighted by Gasteiger charge is -2.34. The van der Waals surface area contributed by atoms with E-state index in [1.165, 1.54) is 12.1 Å². The van der Waals surface area contributed by atoms with Crippen LogP contribution in [0.5, 0.6) is 5.75 Å². The Morgan fingerprint density at radius 1 is 0.851 bits per heavy atom. The number of ether oxygens (including phenoxy) is 1. The lowest BCUT2D eigenvalue weighted by atomic mass is 10.0. The van der Waals surface area contributed by atoms with Crippen molar-refractivity contribution in [3.63, 3.8) is 0 Å². The maximum atomic E-state index is 14.7. The van der Waals surface area contributed by atoms with E-state index in [0.29, 0.717) is 18.0 Å². The number of benzene rings is 4. The number of rotatable bonds is 14. The van der Waals surface area contributed by atoms with Crippen molar-refractivity contribution in [3.8, 4) is 5.75 Å². The van der Waals surface area contributed by atoms with Crippen molar-refractivity contribution in [3.05, 3.63) is 126 Å². The number of carbonyl (C=O) groups is 2. The van der Waals surface area contributed by atoms with Gasteiger partial charge in [0.25, 0.3) is 10.0 Å². The summed E-state index contributed by atoms with van der Waals surface area (Å²) < 4.78 is 35.1. The topological polar surface area (TPSA) is 96.0 Å². The van der Waals surface area contributed by atoms with Crippen molar-refractivity contribution >= 4 is 27.5 Å². The smallest absolute Gasteiger partial charge is 0.264 e. The van der Waals surface area contributed by atoms with Crippen LogP contribution < -0.4 is 14.4 Å². The van der Waals surface area contributed by atoms with E-state index in [2.05, 4.69) is 5.32 Å². The van der Waals surface area contributed by atoms with Gasteiger partial charge in [0.1, 0.15) is 18.3 Å². The summed E-state index contributed by atoms with van der Waals surface area (Å²) >= 11 is 0. The van der Waals surface area contributed by atoms with Gasteiger partial charge in [0.15, 0.2) is 0 Å². The van der Waals surface area contributed by atoms with E-state index < -0.39 is 28.5 Å². The van der Waals surface area contributed by atoms with E-state index in [-0.39, 0.29) is 29.8 Å². The van der Waals surface area contributed by atoms with Gasteiger partial charge in [-0.2, -0.15) is 0 Å². The molecule has 0 spiro atoms. The van der Waals surface area contributed by atoms with Gasteiger partial charge in [0.05, 0.1) is 17.2 Å². The van der Waals surface area contributed by atoms with Crippen LogP contribution in [0.3, 0.4) is 0 Å². The molecule has 0 radical (unpaired) electrons. The summed E-state index contributed by atoms with van der Waals surface area (Å²) in [6.07, 6.45) is 4.18. The Kier molecular flexibility index (Phi) is 11.3. The standard InChI is InChI=1S/C38H43N3O5S/c1-3-46-34-23-21-33(22-24-34)41(47(44,45)35-19-8-5-9-20-35)28-37(42)40(27-31-16-12-13-29(2)25-31)36(26-30-14-6-4-7-15-30)38(43)39-32-17-10-11-18-32/h4-9,12-16,19-25,32,36H,3,10-11,17-18,26-28H2,1-2H3,(H,39,43)/t36-/m0/s1. The van der Waals surface area contributed by atoms with Crippen molar-refractivity contribution in [2.75, 3.05) is 17.5 Å². The molecule has 0 aliphatic heterocycles. The van der Waals surface area contributed by atoms with Gasteiger partial charge in [0.2, 0.25) is 11.8 Å². The minimum absolute atomic E-state index is 0.0514. The first-order chi connectivity index (χ1) is 22.7. The van der Waals surface area contributed by atoms with Gasteiger partial charge < -0.3 is 15.0 Å². The van der Waals surface area contributed by atoms with Crippen molar-refractivity contribution in [2.24, 2.45) is 0 Å². The van der Waals surface area contributed by atoms with Crippen LogP contribution in [0.15, 0.2) is 114 Å². The molecule has 1 aliphatic rings. The summed E-state index contributed by atoms with van der Waals surface area (Å²) in [4.78, 5) is 30.4. The third-order valence-corrected chi connectivity index (χ3v) is 10.2. The first-order valence-corrected chi connectivity index (χ1v) is 17.7. The van der Waals surface area contributed by atoms with Gasteiger partial charge in [-0.3, -0.25) is 13.9 Å². The largest absolute Gasteiger partial charge is 0.494 e. The molecular weight excluding hydrogens is 611 g/mol. The lowest BCUT2D eigenvalue weighted by molar-refractivity contribution is -0.140. The average Bonchev–Trinajstić information content (AvgIpc) is 3.59.